The normalized spacial score (nSPS) is 12.8. The van der Waals surface area contributed by atoms with E-state index in [4.69, 9.17) is 9.15 Å². The number of carbonyl (C=O) groups is 1. The van der Waals surface area contributed by atoms with Gasteiger partial charge in [-0.1, -0.05) is 0 Å². The molecule has 27 heavy (non-hydrogen) atoms. The lowest BCUT2D eigenvalue weighted by molar-refractivity contribution is 0.0474. The summed E-state index contributed by atoms with van der Waals surface area (Å²) < 4.78 is 10.8. The van der Waals surface area contributed by atoms with Crippen LogP contribution in [0.4, 0.5) is 5.69 Å². The first-order valence-electron chi connectivity index (χ1n) is 9.04. The molecule has 138 valence electrons. The zero-order chi connectivity index (χ0) is 19.0. The summed E-state index contributed by atoms with van der Waals surface area (Å²) in [5.41, 5.74) is 4.81. The molecule has 0 atom stereocenters. The second kappa shape index (κ2) is 6.91. The van der Waals surface area contributed by atoms with Gasteiger partial charge < -0.3 is 14.1 Å². The van der Waals surface area contributed by atoms with Crippen LogP contribution in [-0.4, -0.2) is 20.1 Å². The standard InChI is InChI=1S/C22H21NO4/c1-23(2)18-8-6-14(7-9-18)22(25)26-13-17-12-21(24)27-20-11-16-5-3-4-15(16)10-19(17)20/h6-12H,3-5,13H2,1-2H3. The van der Waals surface area contributed by atoms with E-state index in [1.807, 2.05) is 37.2 Å². The van der Waals surface area contributed by atoms with Gasteiger partial charge in [-0.15, -0.1) is 0 Å². The molecule has 0 N–H and O–H groups in total. The third-order valence-electron chi connectivity index (χ3n) is 5.02. The molecule has 5 heteroatoms. The number of fused-ring (bicyclic) bond motifs is 2. The summed E-state index contributed by atoms with van der Waals surface area (Å²) in [6.45, 7) is 0.0369. The smallest absolute Gasteiger partial charge is 0.338 e. The predicted molar refractivity (Wildman–Crippen MR) is 104 cm³/mol. The van der Waals surface area contributed by atoms with E-state index in [9.17, 15) is 9.59 Å². The van der Waals surface area contributed by atoms with Crippen LogP contribution in [0.2, 0.25) is 0 Å². The number of aryl methyl sites for hydroxylation is 2. The molecule has 3 aromatic rings. The van der Waals surface area contributed by atoms with Gasteiger partial charge in [0, 0.05) is 36.8 Å². The minimum Gasteiger partial charge on any atom is -0.457 e. The molecule has 0 fully saturated rings. The highest BCUT2D eigenvalue weighted by Gasteiger charge is 2.16. The van der Waals surface area contributed by atoms with Gasteiger partial charge in [-0.3, -0.25) is 0 Å². The van der Waals surface area contributed by atoms with E-state index in [0.29, 0.717) is 16.7 Å². The summed E-state index contributed by atoms with van der Waals surface area (Å²) in [6.07, 6.45) is 3.15. The van der Waals surface area contributed by atoms with Crippen molar-refractivity contribution in [3.05, 3.63) is 75.1 Å². The highest BCUT2D eigenvalue weighted by Crippen LogP contribution is 2.28. The Morgan fingerprint density at radius 3 is 2.48 bits per heavy atom. The fourth-order valence-electron chi connectivity index (χ4n) is 3.54. The number of hydrogen-bond acceptors (Lipinski definition) is 5. The number of esters is 1. The summed E-state index contributed by atoms with van der Waals surface area (Å²) in [5.74, 6) is -0.414. The summed E-state index contributed by atoms with van der Waals surface area (Å²) in [7, 11) is 3.88. The molecule has 0 saturated carbocycles. The molecule has 0 saturated heterocycles. The van der Waals surface area contributed by atoms with Crippen LogP contribution in [0.3, 0.4) is 0 Å². The van der Waals surface area contributed by atoms with E-state index in [1.54, 1.807) is 12.1 Å². The second-order valence-electron chi connectivity index (χ2n) is 7.08. The third kappa shape index (κ3) is 3.45. The first-order valence-corrected chi connectivity index (χ1v) is 9.04. The van der Waals surface area contributed by atoms with Crippen LogP contribution in [0.25, 0.3) is 11.0 Å². The number of rotatable bonds is 4. The molecule has 0 aliphatic heterocycles. The number of nitrogens with zero attached hydrogens (tertiary/aromatic N) is 1. The lowest BCUT2D eigenvalue weighted by Crippen LogP contribution is -2.10. The van der Waals surface area contributed by atoms with E-state index in [0.717, 1.165) is 30.3 Å². The summed E-state index contributed by atoms with van der Waals surface area (Å²) >= 11 is 0. The monoisotopic (exact) mass is 363 g/mol. The van der Waals surface area contributed by atoms with Gasteiger partial charge in [0.1, 0.15) is 12.2 Å². The van der Waals surface area contributed by atoms with Gasteiger partial charge in [0.05, 0.1) is 5.56 Å². The van der Waals surface area contributed by atoms with Crippen LogP contribution in [0.15, 0.2) is 51.7 Å². The minimum absolute atomic E-state index is 0.0369. The van der Waals surface area contributed by atoms with E-state index in [-0.39, 0.29) is 6.61 Å². The van der Waals surface area contributed by atoms with Gasteiger partial charge in [-0.05, 0) is 66.8 Å². The van der Waals surface area contributed by atoms with Gasteiger partial charge >= 0.3 is 11.6 Å². The van der Waals surface area contributed by atoms with Gasteiger partial charge in [-0.25, -0.2) is 9.59 Å². The van der Waals surface area contributed by atoms with Crippen molar-refractivity contribution in [3.8, 4) is 0 Å². The van der Waals surface area contributed by atoms with E-state index < -0.39 is 11.6 Å². The molecule has 0 bridgehead atoms. The first kappa shape index (κ1) is 17.3. The molecule has 0 spiro atoms. The summed E-state index contributed by atoms with van der Waals surface area (Å²) in [6, 6.07) is 12.6. The lowest BCUT2D eigenvalue weighted by atomic mass is 10.0. The number of anilines is 1. The fraction of sp³-hybridized carbons (Fsp3) is 0.273. The number of ether oxygens (including phenoxy) is 1. The Morgan fingerprint density at radius 1 is 1.07 bits per heavy atom. The maximum absolute atomic E-state index is 12.4. The summed E-state index contributed by atoms with van der Waals surface area (Å²) in [4.78, 5) is 26.2. The van der Waals surface area contributed by atoms with Crippen LogP contribution in [-0.2, 0) is 24.2 Å². The first-order chi connectivity index (χ1) is 13.0. The van der Waals surface area contributed by atoms with Crippen LogP contribution < -0.4 is 10.5 Å². The largest absolute Gasteiger partial charge is 0.457 e. The van der Waals surface area contributed by atoms with Crippen molar-refractivity contribution in [2.45, 2.75) is 25.9 Å². The van der Waals surface area contributed by atoms with Crippen molar-refractivity contribution in [1.82, 2.24) is 0 Å². The predicted octanol–water partition coefficient (Wildman–Crippen LogP) is 3.70. The summed E-state index contributed by atoms with van der Waals surface area (Å²) in [5, 5.41) is 0.839. The molecule has 0 unspecified atom stereocenters. The SMILES string of the molecule is CN(C)c1ccc(C(=O)OCc2cc(=O)oc3cc4c(cc23)CCC4)cc1. The Morgan fingerprint density at radius 2 is 1.78 bits per heavy atom. The van der Waals surface area contributed by atoms with Crippen LogP contribution in [0.5, 0.6) is 0 Å². The van der Waals surface area contributed by atoms with Crippen molar-refractivity contribution in [2.24, 2.45) is 0 Å². The van der Waals surface area contributed by atoms with Gasteiger partial charge in [0.25, 0.3) is 0 Å². The van der Waals surface area contributed by atoms with E-state index in [2.05, 4.69) is 6.07 Å². The second-order valence-corrected chi connectivity index (χ2v) is 7.08. The van der Waals surface area contributed by atoms with Gasteiger partial charge in [-0.2, -0.15) is 0 Å². The van der Waals surface area contributed by atoms with Gasteiger partial charge in [0.15, 0.2) is 0 Å². The minimum atomic E-state index is -0.429. The Labute approximate surface area is 157 Å². The number of carbonyl (C=O) groups excluding carboxylic acids is 1. The highest BCUT2D eigenvalue weighted by atomic mass is 16.5. The lowest BCUT2D eigenvalue weighted by Gasteiger charge is -2.12. The Bertz CT molecular complexity index is 1060. The zero-order valence-corrected chi connectivity index (χ0v) is 15.5. The van der Waals surface area contributed by atoms with Crippen molar-refractivity contribution >= 4 is 22.6 Å². The van der Waals surface area contributed by atoms with Crippen molar-refractivity contribution in [1.29, 1.82) is 0 Å². The Kier molecular flexibility index (Phi) is 4.44. The highest BCUT2D eigenvalue weighted by molar-refractivity contribution is 5.90. The van der Waals surface area contributed by atoms with E-state index >= 15 is 0 Å². The fourth-order valence-corrected chi connectivity index (χ4v) is 3.54. The quantitative estimate of drug-likeness (QED) is 0.522. The number of benzene rings is 2. The third-order valence-corrected chi connectivity index (χ3v) is 5.02. The molecule has 1 heterocycles. The van der Waals surface area contributed by atoms with Crippen molar-refractivity contribution in [3.63, 3.8) is 0 Å². The molecule has 5 nitrogen and oxygen atoms in total. The number of hydrogen-bond donors (Lipinski definition) is 0. The molecule has 1 aromatic heterocycles. The Balaban J connectivity index is 1.58. The maximum Gasteiger partial charge on any atom is 0.338 e. The van der Waals surface area contributed by atoms with Crippen LogP contribution >= 0.6 is 0 Å². The van der Waals surface area contributed by atoms with Crippen molar-refractivity contribution in [2.75, 3.05) is 19.0 Å². The average molecular weight is 363 g/mol. The molecule has 2 aromatic carbocycles. The molecule has 4 rings (SSSR count). The molecule has 1 aliphatic rings. The average Bonchev–Trinajstić information content (AvgIpc) is 3.11. The zero-order valence-electron chi connectivity index (χ0n) is 15.5. The van der Waals surface area contributed by atoms with Crippen molar-refractivity contribution < 1.29 is 13.9 Å². The van der Waals surface area contributed by atoms with Crippen LogP contribution in [0, 0.1) is 0 Å². The molecule has 0 amide bonds. The molecular weight excluding hydrogens is 342 g/mol. The topological polar surface area (TPSA) is 59.8 Å². The Hall–Kier alpha value is -3.08. The molecule has 0 radical (unpaired) electrons. The molecule has 1 aliphatic carbocycles. The van der Waals surface area contributed by atoms with E-state index in [1.165, 1.54) is 17.2 Å². The molecular formula is C22H21NO4. The van der Waals surface area contributed by atoms with Crippen LogP contribution in [0.1, 0.15) is 33.5 Å². The maximum atomic E-state index is 12.4. The van der Waals surface area contributed by atoms with Gasteiger partial charge in [0.2, 0.25) is 0 Å².